The number of para-hydroxylation sites is 2. The fourth-order valence-electron chi connectivity index (χ4n) is 2.07. The standard InChI is InChI=1S/C12H13BrO.C6H4Br2O.C5H8/c1-8(2)6-10-7-9-4-3-5-11(13)12(9)14-10;7-4-2-1-3-5(8)6(4)9;1-4-5(2)3/h3-5,7-8H,6H2,1-2H3;1-3,9H;1,5H,2-3H3. The molecule has 0 amide bonds. The molecular weight excluding hydrogens is 548 g/mol. The van der Waals surface area contributed by atoms with Gasteiger partial charge < -0.3 is 9.52 Å². The maximum atomic E-state index is 9.11. The van der Waals surface area contributed by atoms with Crippen LogP contribution in [0, 0.1) is 24.2 Å². The number of aromatic hydroxyl groups is 1. The van der Waals surface area contributed by atoms with Gasteiger partial charge in [-0.3, -0.25) is 0 Å². The molecule has 0 saturated carbocycles. The molecule has 1 aromatic heterocycles. The Labute approximate surface area is 193 Å². The molecule has 0 aliphatic carbocycles. The highest BCUT2D eigenvalue weighted by atomic mass is 79.9. The highest BCUT2D eigenvalue weighted by Gasteiger charge is 2.07. The van der Waals surface area contributed by atoms with Crippen molar-refractivity contribution in [3.05, 3.63) is 61.6 Å². The average Bonchev–Trinajstić information content (AvgIpc) is 3.04. The van der Waals surface area contributed by atoms with Gasteiger partial charge in [0.15, 0.2) is 0 Å². The third-order valence-corrected chi connectivity index (χ3v) is 5.33. The molecule has 0 bridgehead atoms. The van der Waals surface area contributed by atoms with Gasteiger partial charge in [0.25, 0.3) is 0 Å². The molecular formula is C23H25Br3O2. The van der Waals surface area contributed by atoms with E-state index in [2.05, 4.69) is 79.7 Å². The van der Waals surface area contributed by atoms with Crippen molar-refractivity contribution >= 4 is 58.8 Å². The summed E-state index contributed by atoms with van der Waals surface area (Å²) in [6.45, 7) is 8.37. The van der Waals surface area contributed by atoms with Gasteiger partial charge in [-0.15, -0.1) is 12.3 Å². The van der Waals surface area contributed by atoms with Crippen molar-refractivity contribution in [3.63, 3.8) is 0 Å². The first-order chi connectivity index (χ1) is 13.1. The van der Waals surface area contributed by atoms with Crippen molar-refractivity contribution in [1.82, 2.24) is 0 Å². The van der Waals surface area contributed by atoms with Gasteiger partial charge in [-0.1, -0.05) is 45.9 Å². The summed E-state index contributed by atoms with van der Waals surface area (Å²) in [7, 11) is 0. The Morgan fingerprint density at radius 3 is 1.89 bits per heavy atom. The second-order valence-electron chi connectivity index (χ2n) is 6.86. The van der Waals surface area contributed by atoms with Crippen molar-refractivity contribution < 1.29 is 9.52 Å². The maximum Gasteiger partial charge on any atom is 0.148 e. The minimum atomic E-state index is 0.248. The maximum absolute atomic E-state index is 9.11. The van der Waals surface area contributed by atoms with Crippen LogP contribution in [-0.4, -0.2) is 5.11 Å². The van der Waals surface area contributed by atoms with Crippen molar-refractivity contribution in [1.29, 1.82) is 0 Å². The van der Waals surface area contributed by atoms with Crippen LogP contribution >= 0.6 is 47.8 Å². The molecule has 0 unspecified atom stereocenters. The van der Waals surface area contributed by atoms with Crippen LogP contribution in [0.4, 0.5) is 0 Å². The molecule has 2 aromatic carbocycles. The average molecular weight is 573 g/mol. The normalized spacial score (nSPS) is 10.1. The number of fused-ring (bicyclic) bond motifs is 1. The summed E-state index contributed by atoms with van der Waals surface area (Å²) in [6, 6.07) is 13.6. The predicted molar refractivity (Wildman–Crippen MR) is 130 cm³/mol. The Morgan fingerprint density at radius 2 is 1.46 bits per heavy atom. The Balaban J connectivity index is 0.000000241. The van der Waals surface area contributed by atoms with E-state index in [4.69, 9.17) is 15.9 Å². The third kappa shape index (κ3) is 8.43. The molecule has 1 heterocycles. The Kier molecular flexibility index (Phi) is 11.0. The lowest BCUT2D eigenvalue weighted by Crippen LogP contribution is -1.90. The van der Waals surface area contributed by atoms with Crippen LogP contribution in [0.1, 0.15) is 33.5 Å². The summed E-state index contributed by atoms with van der Waals surface area (Å²) in [5.74, 6) is 4.89. The van der Waals surface area contributed by atoms with E-state index in [1.54, 1.807) is 12.1 Å². The van der Waals surface area contributed by atoms with E-state index < -0.39 is 0 Å². The number of phenols is 1. The van der Waals surface area contributed by atoms with E-state index in [9.17, 15) is 0 Å². The molecule has 28 heavy (non-hydrogen) atoms. The number of rotatable bonds is 2. The van der Waals surface area contributed by atoms with Gasteiger partial charge in [0.2, 0.25) is 0 Å². The molecule has 0 aliphatic heterocycles. The van der Waals surface area contributed by atoms with Crippen LogP contribution in [0.3, 0.4) is 0 Å². The van der Waals surface area contributed by atoms with Crippen molar-refractivity contribution in [2.75, 3.05) is 0 Å². The van der Waals surface area contributed by atoms with E-state index in [1.165, 1.54) is 5.39 Å². The molecule has 5 heteroatoms. The fraction of sp³-hybridized carbons (Fsp3) is 0.304. The lowest BCUT2D eigenvalue weighted by Gasteiger charge is -1.98. The molecule has 0 spiro atoms. The largest absolute Gasteiger partial charge is 0.506 e. The minimum absolute atomic E-state index is 0.248. The smallest absolute Gasteiger partial charge is 0.148 e. The topological polar surface area (TPSA) is 33.4 Å². The van der Waals surface area contributed by atoms with Crippen LogP contribution in [0.5, 0.6) is 5.75 Å². The molecule has 0 fully saturated rings. The molecule has 3 rings (SSSR count). The highest BCUT2D eigenvalue weighted by Crippen LogP contribution is 2.31. The highest BCUT2D eigenvalue weighted by molar-refractivity contribution is 9.11. The summed E-state index contributed by atoms with van der Waals surface area (Å²) in [6.07, 6.45) is 5.92. The lowest BCUT2D eigenvalue weighted by atomic mass is 10.1. The van der Waals surface area contributed by atoms with E-state index in [0.717, 1.165) is 22.2 Å². The Bertz CT molecular complexity index is 901. The van der Waals surface area contributed by atoms with Crippen LogP contribution in [0.2, 0.25) is 0 Å². The van der Waals surface area contributed by atoms with E-state index in [-0.39, 0.29) is 5.75 Å². The fourth-order valence-corrected chi connectivity index (χ4v) is 3.53. The van der Waals surface area contributed by atoms with E-state index in [1.807, 2.05) is 32.0 Å². The summed E-state index contributed by atoms with van der Waals surface area (Å²) >= 11 is 9.81. The molecule has 3 aromatic rings. The zero-order chi connectivity index (χ0) is 21.3. The number of hydrogen-bond donors (Lipinski definition) is 1. The number of terminal acetylenes is 1. The van der Waals surface area contributed by atoms with E-state index >= 15 is 0 Å². The summed E-state index contributed by atoms with van der Waals surface area (Å²) in [5, 5.41) is 10.3. The van der Waals surface area contributed by atoms with Gasteiger partial charge in [-0.25, -0.2) is 0 Å². The quantitative estimate of drug-likeness (QED) is 0.312. The zero-order valence-corrected chi connectivity index (χ0v) is 21.2. The SMILES string of the molecule is C#CC(C)C.CC(C)Cc1cc2cccc(Br)c2o1.Oc1c(Br)cccc1Br. The number of phenolic OH excluding ortho intramolecular Hbond substituents is 1. The van der Waals surface area contributed by atoms with Crippen LogP contribution in [0.25, 0.3) is 11.0 Å². The first kappa shape index (κ1) is 24.8. The van der Waals surface area contributed by atoms with Crippen LogP contribution < -0.4 is 0 Å². The molecule has 0 saturated heterocycles. The number of halogens is 3. The summed E-state index contributed by atoms with van der Waals surface area (Å²) < 4.78 is 8.21. The van der Waals surface area contributed by atoms with Crippen molar-refractivity contribution in [2.45, 2.75) is 34.1 Å². The molecule has 0 aliphatic rings. The van der Waals surface area contributed by atoms with Crippen molar-refractivity contribution in [3.8, 4) is 18.1 Å². The number of furan rings is 1. The molecule has 150 valence electrons. The molecule has 1 N–H and O–H groups in total. The first-order valence-corrected chi connectivity index (χ1v) is 11.3. The van der Waals surface area contributed by atoms with Gasteiger partial charge >= 0.3 is 0 Å². The molecule has 0 radical (unpaired) electrons. The predicted octanol–water partition coefficient (Wildman–Crippen LogP) is 8.59. The second-order valence-corrected chi connectivity index (χ2v) is 9.42. The molecule has 0 atom stereocenters. The van der Waals surface area contributed by atoms with Gasteiger partial charge in [0.1, 0.15) is 17.1 Å². The van der Waals surface area contributed by atoms with E-state index in [0.29, 0.717) is 20.8 Å². The molecule has 2 nitrogen and oxygen atoms in total. The number of benzene rings is 2. The summed E-state index contributed by atoms with van der Waals surface area (Å²) in [4.78, 5) is 0. The van der Waals surface area contributed by atoms with Gasteiger partial charge in [-0.2, -0.15) is 0 Å². The monoisotopic (exact) mass is 570 g/mol. The van der Waals surface area contributed by atoms with Crippen LogP contribution in [-0.2, 0) is 6.42 Å². The van der Waals surface area contributed by atoms with Gasteiger partial charge in [-0.05, 0) is 78.0 Å². The van der Waals surface area contributed by atoms with Gasteiger partial charge in [0.05, 0.1) is 13.4 Å². The number of hydrogen-bond acceptors (Lipinski definition) is 2. The van der Waals surface area contributed by atoms with Gasteiger partial charge in [0, 0.05) is 17.7 Å². The second kappa shape index (κ2) is 12.4. The van der Waals surface area contributed by atoms with Crippen LogP contribution in [0.15, 0.2) is 60.3 Å². The third-order valence-electron chi connectivity index (χ3n) is 3.43. The Morgan fingerprint density at radius 1 is 0.964 bits per heavy atom. The summed E-state index contributed by atoms with van der Waals surface area (Å²) in [5.41, 5.74) is 0.961. The lowest BCUT2D eigenvalue weighted by molar-refractivity contribution is 0.468. The van der Waals surface area contributed by atoms with Crippen molar-refractivity contribution in [2.24, 2.45) is 11.8 Å². The Hall–Kier alpha value is -1.22. The zero-order valence-electron chi connectivity index (χ0n) is 16.5. The minimum Gasteiger partial charge on any atom is -0.506 e. The first-order valence-electron chi connectivity index (χ1n) is 8.91.